The molecule has 4 heteroatoms. The summed E-state index contributed by atoms with van der Waals surface area (Å²) < 4.78 is 5.47. The highest BCUT2D eigenvalue weighted by molar-refractivity contribution is 5.95. The van der Waals surface area contributed by atoms with Gasteiger partial charge in [-0.15, -0.1) is 0 Å². The minimum atomic E-state index is 0.0773. The molecule has 1 fully saturated rings. The highest BCUT2D eigenvalue weighted by atomic mass is 16.5. The quantitative estimate of drug-likeness (QED) is 0.846. The Hall–Kier alpha value is -1.55. The van der Waals surface area contributed by atoms with Gasteiger partial charge in [0.2, 0.25) is 0 Å². The second-order valence-electron chi connectivity index (χ2n) is 5.04. The van der Waals surface area contributed by atoms with Gasteiger partial charge in [0, 0.05) is 30.9 Å². The molecular weight excluding hydrogens is 240 g/mol. The van der Waals surface area contributed by atoms with E-state index in [9.17, 15) is 4.79 Å². The number of nitrogens with zero attached hydrogens (tertiary/aromatic N) is 1. The predicted molar refractivity (Wildman–Crippen MR) is 76.0 cm³/mol. The average molecular weight is 262 g/mol. The summed E-state index contributed by atoms with van der Waals surface area (Å²) >= 11 is 0. The van der Waals surface area contributed by atoms with E-state index in [0.717, 1.165) is 39.1 Å². The molecule has 1 aliphatic rings. The van der Waals surface area contributed by atoms with Crippen LogP contribution in [0.4, 0.5) is 5.69 Å². The van der Waals surface area contributed by atoms with Crippen molar-refractivity contribution in [2.45, 2.75) is 19.8 Å². The molecule has 1 unspecified atom stereocenters. The van der Waals surface area contributed by atoms with Crippen molar-refractivity contribution in [3.8, 4) is 0 Å². The first-order valence-corrected chi connectivity index (χ1v) is 6.93. The number of ether oxygens (including phenoxy) is 1. The van der Waals surface area contributed by atoms with Crippen LogP contribution in [0.15, 0.2) is 24.3 Å². The van der Waals surface area contributed by atoms with E-state index in [4.69, 9.17) is 10.5 Å². The maximum Gasteiger partial charge on any atom is 0.253 e. The third-order valence-electron chi connectivity index (χ3n) is 3.50. The van der Waals surface area contributed by atoms with Gasteiger partial charge >= 0.3 is 0 Å². The molecule has 1 heterocycles. The van der Waals surface area contributed by atoms with Gasteiger partial charge < -0.3 is 15.4 Å². The lowest BCUT2D eigenvalue weighted by molar-refractivity contribution is 0.0501. The normalized spacial score (nSPS) is 19.4. The Balaban J connectivity index is 1.99. The van der Waals surface area contributed by atoms with Gasteiger partial charge in [-0.1, -0.05) is 6.07 Å². The Kier molecular flexibility index (Phi) is 4.80. The Morgan fingerprint density at radius 1 is 1.53 bits per heavy atom. The molecule has 0 bridgehead atoms. The van der Waals surface area contributed by atoms with Gasteiger partial charge in [0.05, 0.1) is 6.61 Å². The number of likely N-dealkylation sites (tertiary alicyclic amines) is 1. The van der Waals surface area contributed by atoms with E-state index in [1.54, 1.807) is 12.1 Å². The molecule has 0 radical (unpaired) electrons. The van der Waals surface area contributed by atoms with Crippen LogP contribution in [0.1, 0.15) is 30.1 Å². The second-order valence-corrected chi connectivity index (χ2v) is 5.04. The summed E-state index contributed by atoms with van der Waals surface area (Å²) in [7, 11) is 0. The van der Waals surface area contributed by atoms with Gasteiger partial charge in [0.15, 0.2) is 0 Å². The van der Waals surface area contributed by atoms with Crippen LogP contribution in [-0.2, 0) is 4.74 Å². The molecular formula is C15H22N2O2. The number of carbonyl (C=O) groups is 1. The third kappa shape index (κ3) is 3.70. The molecule has 1 atom stereocenters. The van der Waals surface area contributed by atoms with Crippen molar-refractivity contribution in [3.05, 3.63) is 29.8 Å². The molecule has 19 heavy (non-hydrogen) atoms. The predicted octanol–water partition coefficient (Wildman–Crippen LogP) is 2.16. The van der Waals surface area contributed by atoms with Crippen molar-refractivity contribution < 1.29 is 9.53 Å². The van der Waals surface area contributed by atoms with Crippen molar-refractivity contribution in [1.29, 1.82) is 0 Å². The minimum absolute atomic E-state index is 0.0773. The van der Waals surface area contributed by atoms with Crippen LogP contribution in [0.3, 0.4) is 0 Å². The Morgan fingerprint density at radius 2 is 2.37 bits per heavy atom. The average Bonchev–Trinajstić information content (AvgIpc) is 2.44. The van der Waals surface area contributed by atoms with Gasteiger partial charge in [0.25, 0.3) is 5.91 Å². The summed E-state index contributed by atoms with van der Waals surface area (Å²) in [4.78, 5) is 14.3. The van der Waals surface area contributed by atoms with E-state index in [1.165, 1.54) is 0 Å². The van der Waals surface area contributed by atoms with Crippen molar-refractivity contribution >= 4 is 11.6 Å². The first-order chi connectivity index (χ1) is 9.20. The lowest BCUT2D eigenvalue weighted by atomic mass is 9.98. The number of hydrogen-bond acceptors (Lipinski definition) is 3. The van der Waals surface area contributed by atoms with Gasteiger partial charge in [-0.05, 0) is 43.9 Å². The number of benzene rings is 1. The molecule has 0 aromatic heterocycles. The summed E-state index contributed by atoms with van der Waals surface area (Å²) in [6.45, 7) is 5.10. The van der Waals surface area contributed by atoms with Crippen molar-refractivity contribution in [1.82, 2.24) is 4.90 Å². The molecule has 2 rings (SSSR count). The van der Waals surface area contributed by atoms with Crippen molar-refractivity contribution in [3.63, 3.8) is 0 Å². The van der Waals surface area contributed by atoms with E-state index in [1.807, 2.05) is 24.0 Å². The standard InChI is InChI=1S/C15H22N2O2/c1-2-19-11-12-5-4-8-17(10-12)15(18)13-6-3-7-14(16)9-13/h3,6-7,9,12H,2,4-5,8,10-11,16H2,1H3. The van der Waals surface area contributed by atoms with E-state index >= 15 is 0 Å². The van der Waals surface area contributed by atoms with Gasteiger partial charge in [-0.2, -0.15) is 0 Å². The number of nitrogen functional groups attached to an aromatic ring is 1. The highest BCUT2D eigenvalue weighted by Crippen LogP contribution is 2.19. The smallest absolute Gasteiger partial charge is 0.253 e. The molecule has 104 valence electrons. The molecule has 4 nitrogen and oxygen atoms in total. The summed E-state index contributed by atoms with van der Waals surface area (Å²) in [5.74, 6) is 0.534. The SMILES string of the molecule is CCOCC1CCCN(C(=O)c2cccc(N)c2)C1. The molecule has 1 aromatic carbocycles. The molecule has 0 saturated carbocycles. The van der Waals surface area contributed by atoms with Crippen molar-refractivity contribution in [2.24, 2.45) is 5.92 Å². The molecule has 1 amide bonds. The monoisotopic (exact) mass is 262 g/mol. The number of hydrogen-bond donors (Lipinski definition) is 1. The fourth-order valence-electron chi connectivity index (χ4n) is 2.52. The lowest BCUT2D eigenvalue weighted by Gasteiger charge is -2.32. The number of carbonyl (C=O) groups excluding carboxylic acids is 1. The molecule has 1 aliphatic heterocycles. The molecule has 2 N–H and O–H groups in total. The number of nitrogens with two attached hydrogens (primary N) is 1. The van der Waals surface area contributed by atoms with Crippen LogP contribution >= 0.6 is 0 Å². The first kappa shape index (κ1) is 13.9. The molecule has 1 saturated heterocycles. The number of piperidine rings is 1. The Bertz CT molecular complexity index is 434. The summed E-state index contributed by atoms with van der Waals surface area (Å²) in [5, 5.41) is 0. The third-order valence-corrected chi connectivity index (χ3v) is 3.50. The lowest BCUT2D eigenvalue weighted by Crippen LogP contribution is -2.41. The van der Waals surface area contributed by atoms with E-state index in [2.05, 4.69) is 0 Å². The largest absolute Gasteiger partial charge is 0.399 e. The topological polar surface area (TPSA) is 55.6 Å². The fourth-order valence-corrected chi connectivity index (χ4v) is 2.52. The van der Waals surface area contributed by atoms with Crippen LogP contribution in [0.2, 0.25) is 0 Å². The zero-order chi connectivity index (χ0) is 13.7. The maximum absolute atomic E-state index is 12.4. The summed E-state index contributed by atoms with van der Waals surface area (Å²) in [6.07, 6.45) is 2.19. The van der Waals surface area contributed by atoms with Gasteiger partial charge in [-0.25, -0.2) is 0 Å². The first-order valence-electron chi connectivity index (χ1n) is 6.93. The van der Waals surface area contributed by atoms with Crippen LogP contribution in [0, 0.1) is 5.92 Å². The maximum atomic E-state index is 12.4. The van der Waals surface area contributed by atoms with E-state index < -0.39 is 0 Å². The second kappa shape index (κ2) is 6.57. The van der Waals surface area contributed by atoms with Crippen LogP contribution in [0.5, 0.6) is 0 Å². The van der Waals surface area contributed by atoms with E-state index in [-0.39, 0.29) is 5.91 Å². The molecule has 1 aromatic rings. The zero-order valence-corrected chi connectivity index (χ0v) is 11.5. The molecule has 0 aliphatic carbocycles. The number of rotatable bonds is 4. The minimum Gasteiger partial charge on any atom is -0.399 e. The Labute approximate surface area is 114 Å². The summed E-state index contributed by atoms with van der Waals surface area (Å²) in [6, 6.07) is 7.19. The molecule has 0 spiro atoms. The highest BCUT2D eigenvalue weighted by Gasteiger charge is 2.24. The Morgan fingerprint density at radius 3 is 3.11 bits per heavy atom. The van der Waals surface area contributed by atoms with Crippen LogP contribution in [-0.4, -0.2) is 37.1 Å². The van der Waals surface area contributed by atoms with Crippen LogP contribution < -0.4 is 5.73 Å². The fraction of sp³-hybridized carbons (Fsp3) is 0.533. The summed E-state index contributed by atoms with van der Waals surface area (Å²) in [5.41, 5.74) is 7.04. The van der Waals surface area contributed by atoms with Gasteiger partial charge in [0.1, 0.15) is 0 Å². The van der Waals surface area contributed by atoms with Gasteiger partial charge in [-0.3, -0.25) is 4.79 Å². The van der Waals surface area contributed by atoms with Crippen molar-refractivity contribution in [2.75, 3.05) is 32.0 Å². The van der Waals surface area contributed by atoms with Crippen LogP contribution in [0.25, 0.3) is 0 Å². The number of anilines is 1. The van der Waals surface area contributed by atoms with E-state index in [0.29, 0.717) is 17.2 Å². The number of amides is 1. The zero-order valence-electron chi connectivity index (χ0n) is 11.5.